The first kappa shape index (κ1) is 32.4. The summed E-state index contributed by atoms with van der Waals surface area (Å²) in [6.45, 7) is 3.85. The molecule has 3 aromatic carbocycles. The third-order valence-electron chi connectivity index (χ3n) is 8.71. The normalized spacial score (nSPS) is 13.7. The molecule has 1 aliphatic rings. The van der Waals surface area contributed by atoms with Crippen LogP contribution in [-0.2, 0) is 20.2 Å². The number of pyridine rings is 1. The van der Waals surface area contributed by atoms with E-state index in [1.807, 2.05) is 29.8 Å². The fourth-order valence-corrected chi connectivity index (χ4v) is 6.15. The highest BCUT2D eigenvalue weighted by Gasteiger charge is 2.20. The van der Waals surface area contributed by atoms with Crippen molar-refractivity contribution in [1.29, 1.82) is 0 Å². The summed E-state index contributed by atoms with van der Waals surface area (Å²) in [6, 6.07) is 18.2. The van der Waals surface area contributed by atoms with Crippen LogP contribution in [0.25, 0.3) is 27.5 Å². The number of alkyl halides is 2. The number of amides is 1. The molecule has 0 radical (unpaired) electrons. The summed E-state index contributed by atoms with van der Waals surface area (Å²) in [5, 5.41) is 10.3. The second kappa shape index (κ2) is 13.4. The van der Waals surface area contributed by atoms with E-state index in [4.69, 9.17) is 21.3 Å². The van der Waals surface area contributed by atoms with Gasteiger partial charge >= 0.3 is 0 Å². The van der Waals surface area contributed by atoms with Gasteiger partial charge in [0.05, 0.1) is 23.3 Å². The number of nitrogens with one attached hydrogen (secondary N) is 2. The molecular weight excluding hydrogens is 655 g/mol. The van der Waals surface area contributed by atoms with Gasteiger partial charge in [0.2, 0.25) is 5.88 Å². The van der Waals surface area contributed by atoms with Crippen LogP contribution < -0.4 is 10.1 Å². The van der Waals surface area contributed by atoms with Crippen molar-refractivity contribution in [2.24, 2.45) is 7.05 Å². The molecule has 4 heterocycles. The lowest BCUT2D eigenvalue weighted by molar-refractivity contribution is 0.102. The number of carbonyl (C=O) groups is 1. The van der Waals surface area contributed by atoms with Gasteiger partial charge in [-0.3, -0.25) is 14.8 Å². The zero-order valence-corrected chi connectivity index (χ0v) is 27.4. The van der Waals surface area contributed by atoms with Crippen LogP contribution in [0.2, 0.25) is 5.02 Å². The Balaban J connectivity index is 1.01. The number of aromatic nitrogens is 5. The molecule has 2 N–H and O–H groups in total. The molecule has 0 bridgehead atoms. The Kier molecular flexibility index (Phi) is 8.82. The van der Waals surface area contributed by atoms with Crippen molar-refractivity contribution in [1.82, 2.24) is 29.6 Å². The Morgan fingerprint density at radius 2 is 1.96 bits per heavy atom. The highest BCUT2D eigenvalue weighted by atomic mass is 35.5. The maximum absolute atomic E-state index is 14.2. The molecule has 0 saturated carbocycles. The number of hydrogen-bond acceptors (Lipinski definition) is 6. The molecular formula is C36H31ClF3N7O2. The van der Waals surface area contributed by atoms with Crippen LogP contribution in [0.3, 0.4) is 0 Å². The van der Waals surface area contributed by atoms with Crippen molar-refractivity contribution in [3.8, 4) is 5.88 Å². The lowest BCUT2D eigenvalue weighted by Gasteiger charge is -2.25. The number of fused-ring (bicyclic) bond motifs is 2. The molecule has 0 fully saturated rings. The second-order valence-electron chi connectivity index (χ2n) is 12.0. The number of aryl methyl sites for hydroxylation is 2. The van der Waals surface area contributed by atoms with E-state index >= 15 is 0 Å². The van der Waals surface area contributed by atoms with Gasteiger partial charge in [-0.25, -0.2) is 23.1 Å². The van der Waals surface area contributed by atoms with E-state index in [2.05, 4.69) is 31.5 Å². The maximum atomic E-state index is 14.2. The largest absolute Gasteiger partial charge is 0.473 e. The Labute approximate surface area is 284 Å². The van der Waals surface area contributed by atoms with Gasteiger partial charge in [0.25, 0.3) is 12.3 Å². The summed E-state index contributed by atoms with van der Waals surface area (Å²) in [5.74, 6) is 0.404. The first-order valence-corrected chi connectivity index (χ1v) is 16.0. The minimum atomic E-state index is -2.74. The van der Waals surface area contributed by atoms with Gasteiger partial charge in [-0.05, 0) is 67.4 Å². The molecule has 0 saturated heterocycles. The molecule has 13 heteroatoms. The highest BCUT2D eigenvalue weighted by molar-refractivity contribution is 6.30. The van der Waals surface area contributed by atoms with Crippen LogP contribution in [0.4, 0.5) is 18.9 Å². The summed E-state index contributed by atoms with van der Waals surface area (Å²) in [5.41, 5.74) is 5.04. The van der Waals surface area contributed by atoms with E-state index in [1.54, 1.807) is 43.3 Å². The summed E-state index contributed by atoms with van der Waals surface area (Å²) in [6.07, 6.45) is 0.171. The van der Waals surface area contributed by atoms with Crippen molar-refractivity contribution in [2.45, 2.75) is 32.9 Å². The Morgan fingerprint density at radius 3 is 2.73 bits per heavy atom. The number of halogens is 4. The van der Waals surface area contributed by atoms with E-state index in [-0.39, 0.29) is 23.4 Å². The van der Waals surface area contributed by atoms with E-state index in [1.165, 1.54) is 12.1 Å². The van der Waals surface area contributed by atoms with Crippen LogP contribution in [0.15, 0.2) is 72.8 Å². The van der Waals surface area contributed by atoms with Crippen molar-refractivity contribution in [3.63, 3.8) is 0 Å². The van der Waals surface area contributed by atoms with Gasteiger partial charge in [-0.2, -0.15) is 5.10 Å². The van der Waals surface area contributed by atoms with E-state index < -0.39 is 18.1 Å². The van der Waals surface area contributed by atoms with Crippen molar-refractivity contribution in [2.75, 3.05) is 18.4 Å². The summed E-state index contributed by atoms with van der Waals surface area (Å²) in [4.78, 5) is 24.9. The molecule has 250 valence electrons. The van der Waals surface area contributed by atoms with Crippen molar-refractivity contribution < 1.29 is 22.7 Å². The number of imidazole rings is 1. The third-order valence-corrected chi connectivity index (χ3v) is 8.94. The van der Waals surface area contributed by atoms with Gasteiger partial charge in [0.15, 0.2) is 0 Å². The number of hydrogen-bond donors (Lipinski definition) is 2. The molecule has 0 atom stereocenters. The van der Waals surface area contributed by atoms with Crippen molar-refractivity contribution in [3.05, 3.63) is 118 Å². The van der Waals surface area contributed by atoms with Crippen LogP contribution in [0.1, 0.15) is 51.5 Å². The minimum Gasteiger partial charge on any atom is -0.473 e. The van der Waals surface area contributed by atoms with Gasteiger partial charge in [-0.15, -0.1) is 0 Å². The first-order valence-electron chi connectivity index (χ1n) is 15.6. The Morgan fingerprint density at radius 1 is 1.10 bits per heavy atom. The van der Waals surface area contributed by atoms with Crippen molar-refractivity contribution >= 4 is 50.7 Å². The maximum Gasteiger partial charge on any atom is 0.266 e. The molecule has 9 nitrogen and oxygen atoms in total. The zero-order valence-electron chi connectivity index (χ0n) is 26.6. The molecule has 0 spiro atoms. The molecule has 49 heavy (non-hydrogen) atoms. The number of H-pyrrole nitrogens is 1. The lowest BCUT2D eigenvalue weighted by Crippen LogP contribution is -2.29. The number of carbonyl (C=O) groups excluding carboxylic acids is 1. The summed E-state index contributed by atoms with van der Waals surface area (Å²) in [7, 11) is 1.94. The summed E-state index contributed by atoms with van der Waals surface area (Å²) >= 11 is 5.85. The number of aromatic amines is 1. The standard InChI is InChI=1S/C36H31ClF3N7O2/c1-20-26-16-25(17-27(35(39)40)34(26)45-44-20)41-36(48)22-7-9-31-30(14-22)42-32(46(31)2)18-47-12-10-21(11-13-47)29-4-3-5-33(43-29)49-19-23-6-8-24(37)15-28(23)38/h3-10,14-17,35H,11-13,18-19H2,1-2H3,(H,41,48)(H,44,45). The Bertz CT molecular complexity index is 2250. The average molecular weight is 686 g/mol. The molecule has 0 aliphatic carbocycles. The highest BCUT2D eigenvalue weighted by Crippen LogP contribution is 2.32. The van der Waals surface area contributed by atoms with E-state index in [0.29, 0.717) is 51.7 Å². The van der Waals surface area contributed by atoms with Crippen LogP contribution in [0, 0.1) is 12.7 Å². The van der Waals surface area contributed by atoms with Crippen LogP contribution in [0.5, 0.6) is 5.88 Å². The van der Waals surface area contributed by atoms with Gasteiger partial charge in [0, 0.05) is 64.7 Å². The first-order chi connectivity index (χ1) is 23.6. The number of rotatable bonds is 9. The van der Waals surface area contributed by atoms with Crippen LogP contribution >= 0.6 is 11.6 Å². The summed E-state index contributed by atoms with van der Waals surface area (Å²) < 4.78 is 49.4. The molecule has 6 aromatic rings. The molecule has 1 aliphatic heterocycles. The quantitative estimate of drug-likeness (QED) is 0.160. The van der Waals surface area contributed by atoms with Crippen LogP contribution in [-0.4, -0.2) is 48.6 Å². The lowest BCUT2D eigenvalue weighted by atomic mass is 10.0. The predicted octanol–water partition coefficient (Wildman–Crippen LogP) is 8.00. The molecule has 1 amide bonds. The Hall–Kier alpha value is -5.20. The van der Waals surface area contributed by atoms with Gasteiger partial charge in [-0.1, -0.05) is 29.8 Å². The SMILES string of the molecule is Cc1[nH]nc2c(C(F)F)cc(NC(=O)c3ccc4c(c3)nc(CN3CC=C(c5cccc(OCc6ccc(Cl)cc6F)n5)CC3)n4C)cc12. The van der Waals surface area contributed by atoms with Gasteiger partial charge in [0.1, 0.15) is 23.8 Å². The fourth-order valence-electron chi connectivity index (χ4n) is 5.99. The molecule has 7 rings (SSSR count). The minimum absolute atomic E-state index is 0.0423. The average Bonchev–Trinajstić information content (AvgIpc) is 3.62. The molecule has 3 aromatic heterocycles. The smallest absolute Gasteiger partial charge is 0.266 e. The van der Waals surface area contributed by atoms with Gasteiger partial charge < -0.3 is 14.6 Å². The third kappa shape index (κ3) is 6.74. The fraction of sp³-hybridized carbons (Fsp3) is 0.222. The predicted molar refractivity (Wildman–Crippen MR) is 182 cm³/mol. The monoisotopic (exact) mass is 685 g/mol. The molecule has 0 unspecified atom stereocenters. The topological polar surface area (TPSA) is 101 Å². The number of benzene rings is 3. The van der Waals surface area contributed by atoms with E-state index in [9.17, 15) is 18.0 Å². The van der Waals surface area contributed by atoms with E-state index in [0.717, 1.165) is 35.6 Å². The number of anilines is 1. The number of nitrogens with zero attached hydrogens (tertiary/aromatic N) is 5. The number of ether oxygens (including phenoxy) is 1. The zero-order chi connectivity index (χ0) is 34.2. The second-order valence-corrected chi connectivity index (χ2v) is 12.4.